The second kappa shape index (κ2) is 5.97. The molecule has 0 radical (unpaired) electrons. The van der Waals surface area contributed by atoms with Gasteiger partial charge in [0.15, 0.2) is 0 Å². The first-order valence-corrected chi connectivity index (χ1v) is 5.75. The fourth-order valence-electron chi connectivity index (χ4n) is 0.820. The molecule has 1 unspecified atom stereocenters. The molecular formula is C8H16N2O2S. The average molecular weight is 204 g/mol. The highest BCUT2D eigenvalue weighted by Crippen LogP contribution is 1.92. The minimum atomic E-state index is -3.17. The lowest BCUT2D eigenvalue weighted by Gasteiger charge is -2.10. The topological polar surface area (TPSA) is 58.2 Å². The van der Waals surface area contributed by atoms with Gasteiger partial charge in [-0.15, -0.1) is 12.3 Å². The van der Waals surface area contributed by atoms with Crippen molar-refractivity contribution in [3.63, 3.8) is 0 Å². The molecular weight excluding hydrogens is 188 g/mol. The predicted octanol–water partition coefficient (Wildman–Crippen LogP) is -0.463. The van der Waals surface area contributed by atoms with Crippen molar-refractivity contribution in [3.8, 4) is 12.3 Å². The number of nitrogens with one attached hydrogen (secondary N) is 2. The van der Waals surface area contributed by atoms with Crippen LogP contribution < -0.4 is 10.0 Å². The molecule has 76 valence electrons. The third-order valence-electron chi connectivity index (χ3n) is 1.43. The molecule has 0 bridgehead atoms. The van der Waals surface area contributed by atoms with E-state index in [0.717, 1.165) is 0 Å². The molecule has 1 atom stereocenters. The van der Waals surface area contributed by atoms with Gasteiger partial charge in [0.1, 0.15) is 0 Å². The molecule has 2 N–H and O–H groups in total. The Labute approximate surface area is 80.2 Å². The Morgan fingerprint density at radius 2 is 2.15 bits per heavy atom. The van der Waals surface area contributed by atoms with E-state index in [1.165, 1.54) is 0 Å². The van der Waals surface area contributed by atoms with Gasteiger partial charge >= 0.3 is 0 Å². The molecule has 0 aromatic rings. The van der Waals surface area contributed by atoms with Gasteiger partial charge in [0.2, 0.25) is 10.0 Å². The maximum atomic E-state index is 11.3. The van der Waals surface area contributed by atoms with Crippen LogP contribution in [-0.2, 0) is 10.0 Å². The standard InChI is InChI=1S/C8H16N2O2S/c1-4-5-8(2)10-13(11,12)7-6-9-3/h1,8-10H,5-7H2,2-3H3. The van der Waals surface area contributed by atoms with E-state index in [-0.39, 0.29) is 11.8 Å². The monoisotopic (exact) mass is 204 g/mol. The van der Waals surface area contributed by atoms with Crippen molar-refractivity contribution in [3.05, 3.63) is 0 Å². The Hall–Kier alpha value is -0.570. The van der Waals surface area contributed by atoms with Crippen LogP contribution in [-0.4, -0.2) is 33.8 Å². The van der Waals surface area contributed by atoms with Gasteiger partial charge < -0.3 is 5.32 Å². The van der Waals surface area contributed by atoms with Crippen LogP contribution in [0.15, 0.2) is 0 Å². The van der Waals surface area contributed by atoms with Gasteiger partial charge in [-0.3, -0.25) is 0 Å². The third kappa shape index (κ3) is 6.58. The van der Waals surface area contributed by atoms with Gasteiger partial charge in [-0.2, -0.15) is 0 Å². The van der Waals surface area contributed by atoms with Crippen LogP contribution in [0.25, 0.3) is 0 Å². The first-order chi connectivity index (χ1) is 6.02. The average Bonchev–Trinajstić information content (AvgIpc) is 2.00. The van der Waals surface area contributed by atoms with E-state index < -0.39 is 10.0 Å². The molecule has 0 fully saturated rings. The summed E-state index contributed by atoms with van der Waals surface area (Å²) in [7, 11) is -1.46. The van der Waals surface area contributed by atoms with E-state index in [4.69, 9.17) is 6.42 Å². The summed E-state index contributed by atoms with van der Waals surface area (Å²) in [5.41, 5.74) is 0. The van der Waals surface area contributed by atoms with Gasteiger partial charge in [-0.25, -0.2) is 13.1 Å². The number of terminal acetylenes is 1. The van der Waals surface area contributed by atoms with Gasteiger partial charge in [0.25, 0.3) is 0 Å². The van der Waals surface area contributed by atoms with Crippen molar-refractivity contribution in [1.82, 2.24) is 10.0 Å². The molecule has 13 heavy (non-hydrogen) atoms. The zero-order chi connectivity index (χ0) is 10.3. The lowest BCUT2D eigenvalue weighted by Crippen LogP contribution is -2.36. The Kier molecular flexibility index (Phi) is 5.71. The Balaban J connectivity index is 3.96. The van der Waals surface area contributed by atoms with Crippen molar-refractivity contribution in [2.75, 3.05) is 19.3 Å². The molecule has 0 heterocycles. The molecule has 0 saturated heterocycles. The van der Waals surface area contributed by atoms with Crippen LogP contribution in [0.4, 0.5) is 0 Å². The molecule has 5 heteroatoms. The van der Waals surface area contributed by atoms with E-state index in [2.05, 4.69) is 16.0 Å². The maximum Gasteiger partial charge on any atom is 0.213 e. The summed E-state index contributed by atoms with van der Waals surface area (Å²) in [5.74, 6) is 2.49. The number of rotatable bonds is 6. The van der Waals surface area contributed by atoms with Gasteiger partial charge in [0, 0.05) is 19.0 Å². The Morgan fingerprint density at radius 1 is 1.54 bits per heavy atom. The van der Waals surface area contributed by atoms with Gasteiger partial charge in [-0.05, 0) is 14.0 Å². The second-order valence-corrected chi connectivity index (χ2v) is 4.72. The van der Waals surface area contributed by atoms with E-state index in [1.54, 1.807) is 14.0 Å². The van der Waals surface area contributed by atoms with Gasteiger partial charge in [0.05, 0.1) is 5.75 Å². The number of hydrogen-bond acceptors (Lipinski definition) is 3. The van der Waals surface area contributed by atoms with Crippen LogP contribution in [0.1, 0.15) is 13.3 Å². The fourth-order valence-corrected chi connectivity index (χ4v) is 2.11. The lowest BCUT2D eigenvalue weighted by atomic mass is 10.3. The largest absolute Gasteiger partial charge is 0.319 e. The number of hydrogen-bond donors (Lipinski definition) is 2. The van der Waals surface area contributed by atoms with E-state index >= 15 is 0 Å². The van der Waals surface area contributed by atoms with Gasteiger partial charge in [-0.1, -0.05) is 0 Å². The quantitative estimate of drug-likeness (QED) is 0.575. The van der Waals surface area contributed by atoms with Crippen LogP contribution >= 0.6 is 0 Å². The van der Waals surface area contributed by atoms with Crippen molar-refractivity contribution in [2.45, 2.75) is 19.4 Å². The molecule has 0 aromatic carbocycles. The second-order valence-electron chi connectivity index (χ2n) is 2.85. The number of sulfonamides is 1. The molecule has 0 aliphatic carbocycles. The fraction of sp³-hybridized carbons (Fsp3) is 0.750. The van der Waals surface area contributed by atoms with E-state index in [0.29, 0.717) is 13.0 Å². The van der Waals surface area contributed by atoms with Crippen molar-refractivity contribution < 1.29 is 8.42 Å². The minimum absolute atomic E-state index is 0.0818. The predicted molar refractivity (Wildman–Crippen MR) is 53.8 cm³/mol. The van der Waals surface area contributed by atoms with Crippen LogP contribution in [0.2, 0.25) is 0 Å². The summed E-state index contributed by atoms with van der Waals surface area (Å²) in [6.45, 7) is 2.19. The third-order valence-corrected chi connectivity index (χ3v) is 2.93. The molecule has 0 amide bonds. The normalized spacial score (nSPS) is 13.6. The SMILES string of the molecule is C#CCC(C)NS(=O)(=O)CCNC. The van der Waals surface area contributed by atoms with E-state index in [1.807, 2.05) is 0 Å². The van der Waals surface area contributed by atoms with Crippen LogP contribution in [0, 0.1) is 12.3 Å². The van der Waals surface area contributed by atoms with Crippen molar-refractivity contribution in [1.29, 1.82) is 0 Å². The summed E-state index contributed by atoms with van der Waals surface area (Å²) >= 11 is 0. The van der Waals surface area contributed by atoms with E-state index in [9.17, 15) is 8.42 Å². The Morgan fingerprint density at radius 3 is 2.62 bits per heavy atom. The molecule has 0 aromatic heterocycles. The smallest absolute Gasteiger partial charge is 0.213 e. The summed E-state index contributed by atoms with van der Waals surface area (Å²) in [6.07, 6.45) is 5.47. The first kappa shape index (κ1) is 12.4. The molecule has 0 saturated carbocycles. The maximum absolute atomic E-state index is 11.3. The zero-order valence-electron chi connectivity index (χ0n) is 8.00. The summed E-state index contributed by atoms with van der Waals surface area (Å²) < 4.78 is 25.0. The van der Waals surface area contributed by atoms with Crippen molar-refractivity contribution in [2.24, 2.45) is 0 Å². The van der Waals surface area contributed by atoms with Crippen LogP contribution in [0.3, 0.4) is 0 Å². The minimum Gasteiger partial charge on any atom is -0.319 e. The lowest BCUT2D eigenvalue weighted by molar-refractivity contribution is 0.561. The summed E-state index contributed by atoms with van der Waals surface area (Å²) in [5, 5.41) is 2.77. The summed E-state index contributed by atoms with van der Waals surface area (Å²) in [4.78, 5) is 0. The molecule has 0 rings (SSSR count). The highest BCUT2D eigenvalue weighted by Gasteiger charge is 2.12. The molecule has 0 spiro atoms. The highest BCUT2D eigenvalue weighted by molar-refractivity contribution is 7.89. The molecule has 0 aliphatic rings. The zero-order valence-corrected chi connectivity index (χ0v) is 8.82. The van der Waals surface area contributed by atoms with Crippen LogP contribution in [0.5, 0.6) is 0 Å². The molecule has 0 aliphatic heterocycles. The first-order valence-electron chi connectivity index (χ1n) is 4.10. The van der Waals surface area contributed by atoms with Crippen molar-refractivity contribution >= 4 is 10.0 Å². The Bertz CT molecular complexity index is 266. The molecule has 4 nitrogen and oxygen atoms in total. The highest BCUT2D eigenvalue weighted by atomic mass is 32.2. The summed E-state index contributed by atoms with van der Waals surface area (Å²) in [6, 6.07) is -0.188.